The molecule has 0 spiro atoms. The largest absolute Gasteiger partial charge is 0.477 e. The highest BCUT2D eigenvalue weighted by Gasteiger charge is 2.60. The fourth-order valence-corrected chi connectivity index (χ4v) is 6.44. The highest BCUT2D eigenvalue weighted by atomic mass is 32.2. The Morgan fingerprint density at radius 3 is 2.66 bits per heavy atom. The second-order valence-electron chi connectivity index (χ2n) is 10.0. The Hall–Kier alpha value is -3.74. The smallest absolute Gasteiger partial charge is 0.239 e. The molecule has 0 aromatic carbocycles. The summed E-state index contributed by atoms with van der Waals surface area (Å²) >= 11 is 0. The summed E-state index contributed by atoms with van der Waals surface area (Å²) in [6.07, 6.45) is 9.04. The molecule has 3 aromatic heterocycles. The van der Waals surface area contributed by atoms with Crippen molar-refractivity contribution in [2.75, 3.05) is 16.6 Å². The number of fused-ring (bicyclic) bond motifs is 1. The van der Waals surface area contributed by atoms with E-state index in [-0.39, 0.29) is 17.5 Å². The van der Waals surface area contributed by atoms with Gasteiger partial charge in [0.2, 0.25) is 21.8 Å². The Balaban J connectivity index is 1.25. The number of ether oxygens (including phenoxy) is 1. The fourth-order valence-electron chi connectivity index (χ4n) is 5.11. The topological polar surface area (TPSA) is 149 Å². The number of pyridine rings is 1. The van der Waals surface area contributed by atoms with Gasteiger partial charge in [0, 0.05) is 18.0 Å². The number of nitrogens with one attached hydrogen (secondary N) is 2. The van der Waals surface area contributed by atoms with Crippen molar-refractivity contribution in [3.63, 3.8) is 0 Å². The summed E-state index contributed by atoms with van der Waals surface area (Å²) < 4.78 is 47.8. The minimum atomic E-state index is -3.53. The summed E-state index contributed by atoms with van der Waals surface area (Å²) in [5.41, 5.74) is -0.351. The number of carbonyl (C=O) groups excluding carboxylic acids is 1. The molecule has 38 heavy (non-hydrogen) atoms. The molecular formula is C25H26FN7O4S. The summed E-state index contributed by atoms with van der Waals surface area (Å²) in [6, 6.07) is 2.69. The van der Waals surface area contributed by atoms with Crippen LogP contribution in [0.15, 0.2) is 36.9 Å². The normalized spacial score (nSPS) is 23.9. The molecule has 2 N–H and O–H groups in total. The van der Waals surface area contributed by atoms with Crippen LogP contribution in [0.1, 0.15) is 44.9 Å². The first-order chi connectivity index (χ1) is 18.3. The van der Waals surface area contributed by atoms with E-state index in [0.29, 0.717) is 61.3 Å². The van der Waals surface area contributed by atoms with Gasteiger partial charge in [0.1, 0.15) is 17.1 Å². The van der Waals surface area contributed by atoms with Gasteiger partial charge in [-0.05, 0) is 63.0 Å². The molecule has 13 heteroatoms. The first kappa shape index (κ1) is 24.6. The predicted octanol–water partition coefficient (Wildman–Crippen LogP) is 3.08. The fraction of sp³-hybridized carbons (Fsp3) is 0.440. The minimum Gasteiger partial charge on any atom is -0.477 e. The highest BCUT2D eigenvalue weighted by Crippen LogP contribution is 2.60. The van der Waals surface area contributed by atoms with Crippen molar-refractivity contribution in [2.45, 2.75) is 49.7 Å². The zero-order valence-corrected chi connectivity index (χ0v) is 21.4. The molecule has 1 amide bonds. The number of hydrogen-bond acceptors (Lipinski definition) is 9. The van der Waals surface area contributed by atoms with E-state index in [4.69, 9.17) is 4.74 Å². The molecule has 3 heterocycles. The average Bonchev–Trinajstić information content (AvgIpc) is 3.84. The average molecular weight is 540 g/mol. The Kier molecular flexibility index (Phi) is 5.97. The third-order valence-corrected chi connectivity index (χ3v) is 9.13. The van der Waals surface area contributed by atoms with Gasteiger partial charge in [-0.25, -0.2) is 32.7 Å². The first-order valence-corrected chi connectivity index (χ1v) is 14.1. The van der Waals surface area contributed by atoms with E-state index in [1.807, 2.05) is 6.92 Å². The van der Waals surface area contributed by atoms with Crippen molar-refractivity contribution in [2.24, 2.45) is 11.8 Å². The van der Waals surface area contributed by atoms with Gasteiger partial charge in [0.15, 0.2) is 11.6 Å². The molecule has 3 aliphatic carbocycles. The first-order valence-electron chi connectivity index (χ1n) is 12.5. The maximum atomic E-state index is 15.1. The molecule has 3 fully saturated rings. The third-order valence-electron chi connectivity index (χ3n) is 7.29. The van der Waals surface area contributed by atoms with Crippen molar-refractivity contribution in [1.82, 2.24) is 24.9 Å². The lowest BCUT2D eigenvalue weighted by Gasteiger charge is -2.28. The van der Waals surface area contributed by atoms with Crippen molar-refractivity contribution >= 4 is 27.6 Å². The number of halogens is 1. The minimum absolute atomic E-state index is 0.124. The van der Waals surface area contributed by atoms with Crippen LogP contribution in [0.5, 0.6) is 5.88 Å². The van der Waals surface area contributed by atoms with E-state index in [0.717, 1.165) is 6.42 Å². The number of rotatable bonds is 9. The lowest BCUT2D eigenvalue weighted by molar-refractivity contribution is -0.122. The van der Waals surface area contributed by atoms with Crippen LogP contribution >= 0.6 is 0 Å². The van der Waals surface area contributed by atoms with Gasteiger partial charge in [0.25, 0.3) is 0 Å². The van der Waals surface area contributed by atoms with Crippen LogP contribution in [-0.4, -0.2) is 51.1 Å². The number of carbonyl (C=O) groups is 1. The van der Waals surface area contributed by atoms with Gasteiger partial charge >= 0.3 is 0 Å². The molecule has 198 valence electrons. The molecule has 3 aromatic rings. The second-order valence-corrected chi connectivity index (χ2v) is 12.0. The summed E-state index contributed by atoms with van der Waals surface area (Å²) in [6.45, 7) is 2.24. The maximum Gasteiger partial charge on any atom is 0.239 e. The van der Waals surface area contributed by atoms with E-state index in [9.17, 15) is 13.2 Å². The van der Waals surface area contributed by atoms with Gasteiger partial charge in [-0.1, -0.05) is 0 Å². The van der Waals surface area contributed by atoms with Crippen LogP contribution in [0.3, 0.4) is 0 Å². The Morgan fingerprint density at radius 1 is 1.16 bits per heavy atom. The zero-order chi connectivity index (χ0) is 26.5. The quantitative estimate of drug-likeness (QED) is 0.418. The number of nitrogens with zero attached hydrogens (tertiary/aromatic N) is 5. The Bertz CT molecular complexity index is 1510. The van der Waals surface area contributed by atoms with Crippen molar-refractivity contribution in [1.29, 1.82) is 0 Å². The molecule has 2 unspecified atom stereocenters. The molecule has 6 rings (SSSR count). The van der Waals surface area contributed by atoms with Gasteiger partial charge < -0.3 is 10.1 Å². The molecule has 0 bridgehead atoms. The van der Waals surface area contributed by atoms with Gasteiger partial charge in [0.05, 0.1) is 29.9 Å². The molecule has 0 radical (unpaired) electrons. The second kappa shape index (κ2) is 9.22. The van der Waals surface area contributed by atoms with E-state index < -0.39 is 32.4 Å². The Morgan fingerprint density at radius 2 is 1.95 bits per heavy atom. The summed E-state index contributed by atoms with van der Waals surface area (Å²) in [5.74, 6) is -0.0600. The van der Waals surface area contributed by atoms with E-state index in [2.05, 4.69) is 35.0 Å². The zero-order valence-electron chi connectivity index (χ0n) is 20.6. The van der Waals surface area contributed by atoms with Gasteiger partial charge in [-0.3, -0.25) is 14.5 Å². The van der Waals surface area contributed by atoms with Crippen LogP contribution < -0.4 is 14.8 Å². The van der Waals surface area contributed by atoms with Gasteiger partial charge in [-0.2, -0.15) is 0 Å². The Labute approximate surface area is 218 Å². The highest BCUT2D eigenvalue weighted by molar-refractivity contribution is 7.93. The third kappa shape index (κ3) is 4.66. The number of anilines is 2. The molecule has 11 nitrogen and oxygen atoms in total. The number of aromatic nitrogens is 5. The van der Waals surface area contributed by atoms with Crippen molar-refractivity contribution in [3.8, 4) is 17.1 Å². The number of amides is 1. The van der Waals surface area contributed by atoms with Crippen molar-refractivity contribution in [3.05, 3.63) is 48.6 Å². The molecule has 2 atom stereocenters. The maximum absolute atomic E-state index is 15.1. The van der Waals surface area contributed by atoms with Crippen LogP contribution in [-0.2, 0) is 20.2 Å². The number of hydrogen-bond donors (Lipinski definition) is 2. The standard InChI is InChI=1S/C25H26FN7O4S/c1-2-37-21-13-27-12-19(30-21)16-8-18(26)22(29-11-16)32-24(34)25(9-14-7-15(14)10-25)23-28-6-5-20(31-23)33-38(35,36)17-3-4-17/h5-6,8,11-15,17H,2-4,7,9-10H2,1H3,(H,28,31,33)(H,29,32,34). The molecule has 0 aliphatic heterocycles. The van der Waals surface area contributed by atoms with Crippen LogP contribution in [0.25, 0.3) is 11.3 Å². The lowest BCUT2D eigenvalue weighted by Crippen LogP contribution is -2.41. The summed E-state index contributed by atoms with van der Waals surface area (Å²) in [7, 11) is -3.53. The van der Waals surface area contributed by atoms with Crippen molar-refractivity contribution < 1.29 is 22.3 Å². The summed E-state index contributed by atoms with van der Waals surface area (Å²) in [5, 5.41) is 2.22. The predicted molar refractivity (Wildman–Crippen MR) is 135 cm³/mol. The SMILES string of the molecule is CCOc1cncc(-c2cnc(NC(=O)C3(c4nccc(NS(=O)(=O)C5CC5)n4)CC4CC4C3)c(F)c2)n1. The monoisotopic (exact) mass is 539 g/mol. The van der Waals surface area contributed by atoms with Crippen LogP contribution in [0.2, 0.25) is 0 Å². The lowest BCUT2D eigenvalue weighted by atomic mass is 9.80. The van der Waals surface area contributed by atoms with E-state index >= 15 is 4.39 Å². The van der Waals surface area contributed by atoms with Crippen LogP contribution in [0, 0.1) is 17.7 Å². The molecular weight excluding hydrogens is 513 g/mol. The van der Waals surface area contributed by atoms with Gasteiger partial charge in [-0.15, -0.1) is 0 Å². The molecule has 3 saturated carbocycles. The molecule has 3 aliphatic rings. The summed E-state index contributed by atoms with van der Waals surface area (Å²) in [4.78, 5) is 35.0. The number of sulfonamides is 1. The van der Waals surface area contributed by atoms with Crippen LogP contribution in [0.4, 0.5) is 16.0 Å². The molecule has 0 saturated heterocycles. The van der Waals surface area contributed by atoms with E-state index in [1.165, 1.54) is 36.9 Å². The van der Waals surface area contributed by atoms with E-state index in [1.54, 1.807) is 0 Å².